The molecule has 2 aromatic heterocycles. The van der Waals surface area contributed by atoms with E-state index in [1.807, 2.05) is 30.3 Å². The highest BCUT2D eigenvalue weighted by Gasteiger charge is 2.44. The van der Waals surface area contributed by atoms with Crippen molar-refractivity contribution in [1.29, 1.82) is 0 Å². The molecule has 4 rings (SSSR count). The minimum absolute atomic E-state index is 0.342. The van der Waals surface area contributed by atoms with Crippen molar-refractivity contribution in [3.8, 4) is 0 Å². The van der Waals surface area contributed by atoms with Crippen LogP contribution in [-0.4, -0.2) is 81.8 Å². The number of aromatic nitrogens is 3. The van der Waals surface area contributed by atoms with Crippen molar-refractivity contribution in [3.63, 3.8) is 0 Å². The van der Waals surface area contributed by atoms with Gasteiger partial charge in [-0.1, -0.05) is 30.3 Å². The van der Waals surface area contributed by atoms with Crippen LogP contribution in [-0.2, 0) is 20.8 Å². The predicted molar refractivity (Wildman–Crippen MR) is 121 cm³/mol. The molecule has 1 aliphatic rings. The second-order valence-corrected chi connectivity index (χ2v) is 7.72. The Balaban J connectivity index is 1.71. The van der Waals surface area contributed by atoms with Gasteiger partial charge in [0, 0.05) is 27.0 Å². The van der Waals surface area contributed by atoms with Gasteiger partial charge < -0.3 is 44.7 Å². The largest absolute Gasteiger partial charge is 0.394 e. The number of methoxy groups -OCH3 is 2. The summed E-state index contributed by atoms with van der Waals surface area (Å²) in [4.78, 5) is 8.84. The highest BCUT2D eigenvalue weighted by molar-refractivity contribution is 5.99. The van der Waals surface area contributed by atoms with Gasteiger partial charge in [0.15, 0.2) is 12.5 Å². The highest BCUT2D eigenvalue weighted by atomic mass is 16.7. The molecule has 11 heteroatoms. The Morgan fingerprint density at radius 3 is 2.52 bits per heavy atom. The third-order valence-corrected chi connectivity index (χ3v) is 5.69. The molecule has 1 aliphatic heterocycles. The zero-order chi connectivity index (χ0) is 23.4. The van der Waals surface area contributed by atoms with E-state index < -0.39 is 37.4 Å². The lowest BCUT2D eigenvalue weighted by Gasteiger charge is -2.17. The van der Waals surface area contributed by atoms with Gasteiger partial charge in [-0.2, -0.15) is 0 Å². The van der Waals surface area contributed by atoms with Gasteiger partial charge in [-0.05, 0) is 5.56 Å². The Labute approximate surface area is 190 Å². The number of benzene rings is 1. The van der Waals surface area contributed by atoms with Crippen LogP contribution in [0.4, 0.5) is 11.5 Å². The quantitative estimate of drug-likeness (QED) is 0.275. The molecular formula is C22H29N5O6. The maximum Gasteiger partial charge on any atom is 0.173 e. The fourth-order valence-electron chi connectivity index (χ4n) is 3.89. The van der Waals surface area contributed by atoms with Gasteiger partial charge >= 0.3 is 0 Å². The van der Waals surface area contributed by atoms with Gasteiger partial charge in [0.2, 0.25) is 0 Å². The summed E-state index contributed by atoms with van der Waals surface area (Å²) in [6.45, 7) is 0.473. The predicted octanol–water partition coefficient (Wildman–Crippen LogP) is 0.686. The standard InChI is InChI=1S/C22H29N5O6/c1-31-16(32-2)9-23-14-10-27(22-19(30)18(29)15(11-28)33-22)21-17(14)20(25-12-26-21)24-8-13-6-4-3-5-7-13/h3-7,10,12,15-16,18-19,22-23,28-30H,8-9,11H2,1-2H3,(H,24,25,26)/t15-,18-,19-,22-/m1/s1. The van der Waals surface area contributed by atoms with Crippen LogP contribution in [0.15, 0.2) is 42.9 Å². The second kappa shape index (κ2) is 10.4. The van der Waals surface area contributed by atoms with Crippen LogP contribution in [0.1, 0.15) is 11.8 Å². The molecule has 0 radical (unpaired) electrons. The number of hydrogen-bond donors (Lipinski definition) is 5. The first kappa shape index (κ1) is 23.4. The van der Waals surface area contributed by atoms with E-state index in [1.54, 1.807) is 25.0 Å². The normalized spacial score (nSPS) is 22.8. The van der Waals surface area contributed by atoms with Crippen molar-refractivity contribution in [3.05, 3.63) is 48.4 Å². The molecule has 178 valence electrons. The van der Waals surface area contributed by atoms with E-state index >= 15 is 0 Å². The highest BCUT2D eigenvalue weighted by Crippen LogP contribution is 2.37. The first-order chi connectivity index (χ1) is 16.1. The fourth-order valence-corrected chi connectivity index (χ4v) is 3.89. The molecule has 11 nitrogen and oxygen atoms in total. The first-order valence-corrected chi connectivity index (χ1v) is 10.6. The van der Waals surface area contributed by atoms with E-state index in [0.717, 1.165) is 5.56 Å². The van der Waals surface area contributed by atoms with Crippen LogP contribution >= 0.6 is 0 Å². The molecule has 1 saturated heterocycles. The molecule has 0 saturated carbocycles. The molecule has 0 bridgehead atoms. The summed E-state index contributed by atoms with van der Waals surface area (Å²) in [6, 6.07) is 9.91. The molecule has 1 fully saturated rings. The summed E-state index contributed by atoms with van der Waals surface area (Å²) in [5.74, 6) is 0.586. The lowest BCUT2D eigenvalue weighted by Crippen LogP contribution is -2.33. The maximum absolute atomic E-state index is 10.6. The number of nitrogens with zero attached hydrogens (tertiary/aromatic N) is 3. The lowest BCUT2D eigenvalue weighted by molar-refractivity contribution is -0.0914. The third-order valence-electron chi connectivity index (χ3n) is 5.69. The molecule has 0 spiro atoms. The van der Waals surface area contributed by atoms with Crippen LogP contribution < -0.4 is 10.6 Å². The molecular weight excluding hydrogens is 430 g/mol. The van der Waals surface area contributed by atoms with Crippen molar-refractivity contribution in [2.24, 2.45) is 0 Å². The Morgan fingerprint density at radius 2 is 1.85 bits per heavy atom. The molecule has 3 heterocycles. The number of nitrogens with one attached hydrogen (secondary N) is 2. The Hall–Kier alpha value is -2.80. The smallest absolute Gasteiger partial charge is 0.173 e. The number of ether oxygens (including phenoxy) is 3. The Bertz CT molecular complexity index is 1040. The number of aliphatic hydroxyl groups excluding tert-OH is 3. The van der Waals surface area contributed by atoms with Gasteiger partial charge in [-0.15, -0.1) is 0 Å². The van der Waals surface area contributed by atoms with Crippen LogP contribution in [0, 0.1) is 0 Å². The first-order valence-electron chi connectivity index (χ1n) is 10.6. The van der Waals surface area contributed by atoms with Crippen molar-refractivity contribution in [2.75, 3.05) is 38.0 Å². The summed E-state index contributed by atoms with van der Waals surface area (Å²) in [5.41, 5.74) is 2.24. The van der Waals surface area contributed by atoms with Gasteiger partial charge in [-0.3, -0.25) is 0 Å². The zero-order valence-electron chi connectivity index (χ0n) is 18.5. The molecule has 3 aromatic rings. The fraction of sp³-hybridized carbons (Fsp3) is 0.455. The van der Waals surface area contributed by atoms with Gasteiger partial charge in [0.1, 0.15) is 36.1 Å². The van der Waals surface area contributed by atoms with Gasteiger partial charge in [-0.25, -0.2) is 9.97 Å². The summed E-state index contributed by atoms with van der Waals surface area (Å²) in [6.07, 6.45) is -1.64. The van der Waals surface area contributed by atoms with E-state index in [1.165, 1.54) is 6.33 Å². The molecule has 33 heavy (non-hydrogen) atoms. The van der Waals surface area contributed by atoms with E-state index in [2.05, 4.69) is 20.6 Å². The van der Waals surface area contributed by atoms with E-state index in [9.17, 15) is 15.3 Å². The number of anilines is 2. The number of aliphatic hydroxyl groups is 3. The van der Waals surface area contributed by atoms with Crippen LogP contribution in [0.5, 0.6) is 0 Å². The van der Waals surface area contributed by atoms with Crippen molar-refractivity contribution in [1.82, 2.24) is 14.5 Å². The molecule has 0 unspecified atom stereocenters. The topological polar surface area (TPSA) is 143 Å². The number of fused-ring (bicyclic) bond motifs is 1. The number of hydrogen-bond acceptors (Lipinski definition) is 10. The molecule has 0 amide bonds. The average Bonchev–Trinajstić information content (AvgIpc) is 3.36. The molecule has 5 N–H and O–H groups in total. The van der Waals surface area contributed by atoms with Crippen molar-refractivity contribution < 1.29 is 29.5 Å². The van der Waals surface area contributed by atoms with E-state index in [4.69, 9.17) is 14.2 Å². The molecule has 1 aromatic carbocycles. The lowest BCUT2D eigenvalue weighted by atomic mass is 10.1. The maximum atomic E-state index is 10.6. The summed E-state index contributed by atoms with van der Waals surface area (Å²) >= 11 is 0. The third kappa shape index (κ3) is 4.78. The summed E-state index contributed by atoms with van der Waals surface area (Å²) < 4.78 is 17.9. The van der Waals surface area contributed by atoms with E-state index in [-0.39, 0.29) is 0 Å². The van der Waals surface area contributed by atoms with Crippen molar-refractivity contribution in [2.45, 2.75) is 37.4 Å². The Kier molecular flexibility index (Phi) is 7.38. The zero-order valence-corrected chi connectivity index (χ0v) is 18.5. The van der Waals surface area contributed by atoms with Crippen LogP contribution in [0.25, 0.3) is 11.0 Å². The second-order valence-electron chi connectivity index (χ2n) is 7.72. The van der Waals surface area contributed by atoms with Crippen LogP contribution in [0.2, 0.25) is 0 Å². The minimum Gasteiger partial charge on any atom is -0.394 e. The van der Waals surface area contributed by atoms with Gasteiger partial charge in [0.25, 0.3) is 0 Å². The monoisotopic (exact) mass is 459 g/mol. The van der Waals surface area contributed by atoms with Gasteiger partial charge in [0.05, 0.1) is 24.2 Å². The molecule has 4 atom stereocenters. The average molecular weight is 460 g/mol. The summed E-state index contributed by atoms with van der Waals surface area (Å²) in [5, 5.41) is 37.6. The number of rotatable bonds is 10. The summed E-state index contributed by atoms with van der Waals surface area (Å²) in [7, 11) is 3.10. The van der Waals surface area contributed by atoms with Crippen LogP contribution in [0.3, 0.4) is 0 Å². The molecule has 0 aliphatic carbocycles. The minimum atomic E-state index is -1.24. The van der Waals surface area contributed by atoms with Crippen molar-refractivity contribution >= 4 is 22.5 Å². The van der Waals surface area contributed by atoms with E-state index in [0.29, 0.717) is 35.6 Å². The SMILES string of the molecule is COC(CNc1cn([C@@H]2O[C@H](CO)[C@@H](O)[C@H]2O)c2ncnc(NCc3ccccc3)c12)OC. The Morgan fingerprint density at radius 1 is 1.09 bits per heavy atom.